The van der Waals surface area contributed by atoms with Gasteiger partial charge in [0.15, 0.2) is 0 Å². The first-order valence-electron chi connectivity index (χ1n) is 4.70. The number of carbonyl (C=O) groups is 1. The van der Waals surface area contributed by atoms with Gasteiger partial charge in [-0.15, -0.1) is 0 Å². The zero-order valence-corrected chi connectivity index (χ0v) is 12.1. The summed E-state index contributed by atoms with van der Waals surface area (Å²) in [6.45, 7) is 3.65. The summed E-state index contributed by atoms with van der Waals surface area (Å²) in [6, 6.07) is 2.90. The minimum atomic E-state index is -4.48. The largest absolute Gasteiger partial charge is 0.416 e. The molecule has 1 rings (SSSR count). The second-order valence-corrected chi connectivity index (χ2v) is 5.37. The van der Waals surface area contributed by atoms with Crippen molar-refractivity contribution < 1.29 is 18.0 Å². The highest BCUT2D eigenvalue weighted by atomic mass is 79.9. The minimum absolute atomic E-state index is 0.0708. The van der Waals surface area contributed by atoms with Gasteiger partial charge in [-0.05, 0) is 34.1 Å². The van der Waals surface area contributed by atoms with Gasteiger partial charge in [0.2, 0.25) is 0 Å². The van der Waals surface area contributed by atoms with Crippen molar-refractivity contribution in [2.45, 2.75) is 6.18 Å². The third-order valence-corrected chi connectivity index (χ3v) is 2.95. The van der Waals surface area contributed by atoms with Crippen LogP contribution in [-0.4, -0.2) is 12.5 Å². The summed E-state index contributed by atoms with van der Waals surface area (Å²) in [5.74, 6) is -0.603. The lowest BCUT2D eigenvalue weighted by Crippen LogP contribution is -2.25. The quantitative estimate of drug-likeness (QED) is 0.832. The van der Waals surface area contributed by atoms with Crippen LogP contribution in [0.3, 0.4) is 0 Å². The van der Waals surface area contributed by atoms with Gasteiger partial charge in [0, 0.05) is 15.5 Å². The Kier molecular flexibility index (Phi) is 4.98. The molecule has 98 valence electrons. The fourth-order valence-corrected chi connectivity index (χ4v) is 1.71. The molecule has 0 aliphatic rings. The normalized spacial score (nSPS) is 11.2. The van der Waals surface area contributed by atoms with E-state index >= 15 is 0 Å². The second-order valence-electron chi connectivity index (χ2n) is 3.39. The lowest BCUT2D eigenvalue weighted by molar-refractivity contribution is -0.137. The maximum absolute atomic E-state index is 12.5. The molecule has 1 aromatic rings. The van der Waals surface area contributed by atoms with Crippen LogP contribution >= 0.6 is 31.9 Å². The first-order chi connectivity index (χ1) is 8.21. The van der Waals surface area contributed by atoms with E-state index in [2.05, 4.69) is 43.8 Å². The fraction of sp³-hybridized carbons (Fsp3) is 0.182. The highest BCUT2D eigenvalue weighted by Crippen LogP contribution is 2.31. The van der Waals surface area contributed by atoms with Crippen molar-refractivity contribution in [1.29, 1.82) is 0 Å². The Morgan fingerprint density at radius 2 is 2.00 bits per heavy atom. The Bertz CT molecular complexity index is 486. The van der Waals surface area contributed by atoms with Crippen molar-refractivity contribution in [2.75, 3.05) is 6.54 Å². The molecule has 0 atom stereocenters. The molecular weight excluding hydrogens is 379 g/mol. The van der Waals surface area contributed by atoms with Crippen molar-refractivity contribution in [1.82, 2.24) is 5.32 Å². The molecule has 7 heteroatoms. The van der Waals surface area contributed by atoms with Gasteiger partial charge in [0.25, 0.3) is 5.91 Å². The molecule has 0 aromatic heterocycles. The number of amides is 1. The highest BCUT2D eigenvalue weighted by molar-refractivity contribution is 9.11. The number of halogens is 5. The van der Waals surface area contributed by atoms with E-state index in [1.165, 1.54) is 6.07 Å². The number of benzene rings is 1. The monoisotopic (exact) mass is 385 g/mol. The first-order valence-corrected chi connectivity index (χ1v) is 6.28. The second kappa shape index (κ2) is 5.88. The molecule has 0 radical (unpaired) electrons. The molecule has 0 fully saturated rings. The molecule has 1 N–H and O–H groups in total. The maximum atomic E-state index is 12.5. The van der Waals surface area contributed by atoms with Gasteiger partial charge in [-0.25, -0.2) is 0 Å². The lowest BCUT2D eigenvalue weighted by Gasteiger charge is -2.10. The van der Waals surface area contributed by atoms with Gasteiger partial charge in [0.05, 0.1) is 11.1 Å². The molecule has 0 saturated carbocycles. The molecule has 0 aliphatic heterocycles. The van der Waals surface area contributed by atoms with Crippen LogP contribution in [0.2, 0.25) is 0 Å². The van der Waals surface area contributed by atoms with Crippen molar-refractivity contribution in [3.63, 3.8) is 0 Å². The molecule has 0 saturated heterocycles. The average molecular weight is 387 g/mol. The van der Waals surface area contributed by atoms with Crippen molar-refractivity contribution in [2.24, 2.45) is 0 Å². The van der Waals surface area contributed by atoms with Gasteiger partial charge in [-0.2, -0.15) is 13.2 Å². The van der Waals surface area contributed by atoms with Crippen molar-refractivity contribution in [3.8, 4) is 0 Å². The summed E-state index contributed by atoms with van der Waals surface area (Å²) < 4.78 is 38.4. The number of alkyl halides is 3. The number of carbonyl (C=O) groups excluding carboxylic acids is 1. The summed E-state index contributed by atoms with van der Waals surface area (Å²) >= 11 is 6.08. The summed E-state index contributed by atoms with van der Waals surface area (Å²) in [5, 5.41) is 2.44. The van der Waals surface area contributed by atoms with Crippen LogP contribution < -0.4 is 5.32 Å². The van der Waals surface area contributed by atoms with E-state index in [1.54, 1.807) is 0 Å². The van der Waals surface area contributed by atoms with E-state index in [-0.39, 0.29) is 12.1 Å². The van der Waals surface area contributed by atoms with Gasteiger partial charge in [-0.3, -0.25) is 4.79 Å². The Morgan fingerprint density at radius 1 is 1.39 bits per heavy atom. The highest BCUT2D eigenvalue weighted by Gasteiger charge is 2.31. The minimum Gasteiger partial charge on any atom is -0.347 e. The first kappa shape index (κ1) is 15.2. The summed E-state index contributed by atoms with van der Waals surface area (Å²) in [5.41, 5.74) is -0.938. The molecule has 0 spiro atoms. The SMILES string of the molecule is C=C(Br)CNC(=O)c1cc(C(F)(F)F)ccc1Br. The van der Waals surface area contributed by atoms with Crippen LogP contribution in [0.1, 0.15) is 15.9 Å². The van der Waals surface area contributed by atoms with Crippen LogP contribution in [0.15, 0.2) is 33.7 Å². The zero-order valence-electron chi connectivity index (χ0n) is 8.94. The molecule has 2 nitrogen and oxygen atoms in total. The maximum Gasteiger partial charge on any atom is 0.416 e. The summed E-state index contributed by atoms with van der Waals surface area (Å²) in [4.78, 5) is 11.7. The number of hydrogen-bond donors (Lipinski definition) is 1. The summed E-state index contributed by atoms with van der Waals surface area (Å²) in [6.07, 6.45) is -4.48. The number of hydrogen-bond acceptors (Lipinski definition) is 1. The van der Waals surface area contributed by atoms with E-state index in [0.717, 1.165) is 12.1 Å². The van der Waals surface area contributed by atoms with Crippen LogP contribution in [0.5, 0.6) is 0 Å². The third-order valence-electron chi connectivity index (χ3n) is 1.98. The van der Waals surface area contributed by atoms with Crippen LogP contribution in [0.4, 0.5) is 13.2 Å². The van der Waals surface area contributed by atoms with Crippen LogP contribution in [0.25, 0.3) is 0 Å². The fourth-order valence-electron chi connectivity index (χ4n) is 1.15. The predicted molar refractivity (Wildman–Crippen MR) is 69.5 cm³/mol. The third kappa shape index (κ3) is 4.13. The molecular formula is C11H8Br2F3NO. The Morgan fingerprint density at radius 3 is 2.50 bits per heavy atom. The smallest absolute Gasteiger partial charge is 0.347 e. The van der Waals surface area contributed by atoms with Crippen LogP contribution in [-0.2, 0) is 6.18 Å². The Hall–Kier alpha value is -0.820. The van der Waals surface area contributed by atoms with E-state index in [9.17, 15) is 18.0 Å². The van der Waals surface area contributed by atoms with Gasteiger partial charge >= 0.3 is 6.18 Å². The Balaban J connectivity index is 3.01. The van der Waals surface area contributed by atoms with Gasteiger partial charge in [-0.1, -0.05) is 22.5 Å². The molecule has 0 unspecified atom stereocenters. The topological polar surface area (TPSA) is 29.1 Å². The van der Waals surface area contributed by atoms with E-state index in [1.807, 2.05) is 0 Å². The predicted octanol–water partition coefficient (Wildman–Crippen LogP) is 4.11. The molecule has 0 heterocycles. The molecule has 0 bridgehead atoms. The van der Waals surface area contributed by atoms with E-state index in [0.29, 0.717) is 8.96 Å². The Labute approximate surface area is 119 Å². The van der Waals surface area contributed by atoms with Gasteiger partial charge < -0.3 is 5.32 Å². The molecule has 18 heavy (non-hydrogen) atoms. The van der Waals surface area contributed by atoms with E-state index < -0.39 is 17.6 Å². The number of nitrogens with one attached hydrogen (secondary N) is 1. The molecule has 0 aliphatic carbocycles. The zero-order chi connectivity index (χ0) is 13.9. The van der Waals surface area contributed by atoms with Crippen molar-refractivity contribution >= 4 is 37.8 Å². The standard InChI is InChI=1S/C11H8Br2F3NO/c1-6(12)5-17-10(18)8-4-7(11(14,15)16)2-3-9(8)13/h2-4H,1,5H2,(H,17,18). The molecule has 1 aromatic carbocycles. The van der Waals surface area contributed by atoms with Crippen LogP contribution in [0, 0.1) is 0 Å². The number of rotatable bonds is 3. The summed E-state index contributed by atoms with van der Waals surface area (Å²) in [7, 11) is 0. The van der Waals surface area contributed by atoms with Gasteiger partial charge in [0.1, 0.15) is 0 Å². The van der Waals surface area contributed by atoms with E-state index in [4.69, 9.17) is 0 Å². The lowest BCUT2D eigenvalue weighted by atomic mass is 10.1. The van der Waals surface area contributed by atoms with Crippen molar-refractivity contribution in [3.05, 3.63) is 44.9 Å². The average Bonchev–Trinajstić information content (AvgIpc) is 2.24. The molecule has 1 amide bonds.